The minimum Gasteiger partial charge on any atom is -0.496 e. The molecule has 0 bridgehead atoms. The van der Waals surface area contributed by atoms with Crippen LogP contribution in [0.3, 0.4) is 0 Å². The highest BCUT2D eigenvalue weighted by Gasteiger charge is 2.23. The fraction of sp³-hybridized carbons (Fsp3) is 0.444. The normalized spacial score (nSPS) is 11.8. The molecule has 0 aliphatic heterocycles. The van der Waals surface area contributed by atoms with Gasteiger partial charge in [-0.05, 0) is 41.9 Å². The van der Waals surface area contributed by atoms with E-state index in [9.17, 15) is 0 Å². The summed E-state index contributed by atoms with van der Waals surface area (Å²) in [6.07, 6.45) is 1.12. The molecule has 0 spiro atoms. The smallest absolute Gasteiger partial charge is 0.126 e. The minimum atomic E-state index is 0.147. The molecule has 0 atom stereocenters. The molecular formula is C18H25NO. The first-order valence-electron chi connectivity index (χ1n) is 7.37. The second kappa shape index (κ2) is 6.27. The van der Waals surface area contributed by atoms with Crippen LogP contribution in [0.2, 0.25) is 0 Å². The average molecular weight is 271 g/mol. The zero-order valence-corrected chi connectivity index (χ0v) is 13.0. The lowest BCUT2D eigenvalue weighted by Gasteiger charge is -2.27. The zero-order valence-electron chi connectivity index (χ0n) is 13.0. The number of nitrogens with one attached hydrogen (secondary N) is 1. The van der Waals surface area contributed by atoms with E-state index in [0.29, 0.717) is 0 Å². The SMILES string of the molecule is CCNCCC(C)(C)c1ccc(OC)c2ccccc12. The highest BCUT2D eigenvalue weighted by Crippen LogP contribution is 2.36. The van der Waals surface area contributed by atoms with Crippen molar-refractivity contribution in [2.24, 2.45) is 0 Å². The molecule has 20 heavy (non-hydrogen) atoms. The highest BCUT2D eigenvalue weighted by molar-refractivity contribution is 5.91. The van der Waals surface area contributed by atoms with Gasteiger partial charge in [0.15, 0.2) is 0 Å². The Kier molecular flexibility index (Phi) is 4.66. The summed E-state index contributed by atoms with van der Waals surface area (Å²) in [6.45, 7) is 8.86. The highest BCUT2D eigenvalue weighted by atomic mass is 16.5. The Morgan fingerprint density at radius 1 is 1.05 bits per heavy atom. The largest absolute Gasteiger partial charge is 0.496 e. The average Bonchev–Trinajstić information content (AvgIpc) is 2.46. The molecule has 2 heteroatoms. The van der Waals surface area contributed by atoms with Crippen LogP contribution < -0.4 is 10.1 Å². The molecule has 0 saturated carbocycles. The molecule has 0 aromatic heterocycles. The van der Waals surface area contributed by atoms with Crippen molar-refractivity contribution >= 4 is 10.8 Å². The topological polar surface area (TPSA) is 21.3 Å². The van der Waals surface area contributed by atoms with E-state index in [-0.39, 0.29) is 5.41 Å². The summed E-state index contributed by atoms with van der Waals surface area (Å²) >= 11 is 0. The van der Waals surface area contributed by atoms with Gasteiger partial charge in [0.25, 0.3) is 0 Å². The number of rotatable bonds is 6. The predicted octanol–water partition coefficient (Wildman–Crippen LogP) is 4.13. The second-order valence-electron chi connectivity index (χ2n) is 5.85. The molecule has 0 aliphatic rings. The predicted molar refractivity (Wildman–Crippen MR) is 86.7 cm³/mol. The fourth-order valence-electron chi connectivity index (χ4n) is 2.75. The Hall–Kier alpha value is -1.54. The Morgan fingerprint density at radius 3 is 2.40 bits per heavy atom. The molecular weight excluding hydrogens is 246 g/mol. The lowest BCUT2D eigenvalue weighted by molar-refractivity contribution is 0.418. The summed E-state index contributed by atoms with van der Waals surface area (Å²) in [5.74, 6) is 0.951. The molecule has 2 nitrogen and oxygen atoms in total. The standard InChI is InChI=1S/C18H25NO/c1-5-19-13-12-18(2,3)16-10-11-17(20-4)15-9-7-6-8-14(15)16/h6-11,19H,5,12-13H2,1-4H3. The molecule has 0 amide bonds. The summed E-state index contributed by atoms with van der Waals surface area (Å²) in [5.41, 5.74) is 1.54. The van der Waals surface area contributed by atoms with Crippen LogP contribution in [0.1, 0.15) is 32.8 Å². The van der Waals surface area contributed by atoms with E-state index in [0.717, 1.165) is 25.3 Å². The van der Waals surface area contributed by atoms with Crippen LogP contribution in [0.25, 0.3) is 10.8 Å². The van der Waals surface area contributed by atoms with Crippen molar-refractivity contribution in [3.63, 3.8) is 0 Å². The number of fused-ring (bicyclic) bond motifs is 1. The fourth-order valence-corrected chi connectivity index (χ4v) is 2.75. The van der Waals surface area contributed by atoms with Crippen molar-refractivity contribution < 1.29 is 4.74 Å². The Balaban J connectivity index is 2.44. The van der Waals surface area contributed by atoms with Gasteiger partial charge in [-0.2, -0.15) is 0 Å². The van der Waals surface area contributed by atoms with Crippen LogP contribution in [-0.4, -0.2) is 20.2 Å². The quantitative estimate of drug-likeness (QED) is 0.798. The van der Waals surface area contributed by atoms with Gasteiger partial charge in [-0.15, -0.1) is 0 Å². The molecule has 0 heterocycles. The summed E-state index contributed by atoms with van der Waals surface area (Å²) in [5, 5.41) is 5.92. The maximum absolute atomic E-state index is 5.48. The first-order valence-corrected chi connectivity index (χ1v) is 7.37. The number of methoxy groups -OCH3 is 1. The maximum Gasteiger partial charge on any atom is 0.126 e. The number of hydrogen-bond acceptors (Lipinski definition) is 2. The molecule has 0 radical (unpaired) electrons. The molecule has 0 aliphatic carbocycles. The molecule has 2 rings (SSSR count). The third-order valence-corrected chi connectivity index (χ3v) is 4.01. The monoisotopic (exact) mass is 271 g/mol. The van der Waals surface area contributed by atoms with Crippen molar-refractivity contribution in [2.75, 3.05) is 20.2 Å². The number of benzene rings is 2. The van der Waals surface area contributed by atoms with E-state index in [1.165, 1.54) is 16.3 Å². The van der Waals surface area contributed by atoms with Crippen LogP contribution in [-0.2, 0) is 5.41 Å². The van der Waals surface area contributed by atoms with Crippen molar-refractivity contribution in [2.45, 2.75) is 32.6 Å². The van der Waals surface area contributed by atoms with E-state index in [1.807, 2.05) is 0 Å². The molecule has 0 unspecified atom stereocenters. The van der Waals surface area contributed by atoms with Gasteiger partial charge >= 0.3 is 0 Å². The van der Waals surface area contributed by atoms with Gasteiger partial charge in [0.2, 0.25) is 0 Å². The Morgan fingerprint density at radius 2 is 1.75 bits per heavy atom. The van der Waals surface area contributed by atoms with Crippen LogP contribution in [0.15, 0.2) is 36.4 Å². The summed E-state index contributed by atoms with van der Waals surface area (Å²) < 4.78 is 5.48. The maximum atomic E-state index is 5.48. The first kappa shape index (κ1) is 14.9. The van der Waals surface area contributed by atoms with Crippen LogP contribution in [0.5, 0.6) is 5.75 Å². The third-order valence-electron chi connectivity index (χ3n) is 4.01. The van der Waals surface area contributed by atoms with Crippen LogP contribution in [0.4, 0.5) is 0 Å². The molecule has 2 aromatic rings. The van der Waals surface area contributed by atoms with Gasteiger partial charge in [-0.1, -0.05) is 51.1 Å². The third kappa shape index (κ3) is 2.96. The Bertz CT molecular complexity index is 575. The van der Waals surface area contributed by atoms with Crippen LogP contribution in [0, 0.1) is 0 Å². The molecule has 0 fully saturated rings. The van der Waals surface area contributed by atoms with E-state index in [1.54, 1.807) is 7.11 Å². The van der Waals surface area contributed by atoms with Gasteiger partial charge in [-0.3, -0.25) is 0 Å². The van der Waals surface area contributed by atoms with Crippen LogP contribution >= 0.6 is 0 Å². The molecule has 108 valence electrons. The van der Waals surface area contributed by atoms with Gasteiger partial charge in [0.05, 0.1) is 7.11 Å². The van der Waals surface area contributed by atoms with Gasteiger partial charge < -0.3 is 10.1 Å². The van der Waals surface area contributed by atoms with E-state index < -0.39 is 0 Å². The lowest BCUT2D eigenvalue weighted by atomic mass is 9.79. The molecule has 2 aromatic carbocycles. The second-order valence-corrected chi connectivity index (χ2v) is 5.85. The van der Waals surface area contributed by atoms with Gasteiger partial charge in [-0.25, -0.2) is 0 Å². The van der Waals surface area contributed by atoms with E-state index >= 15 is 0 Å². The Labute approximate surface area is 122 Å². The van der Waals surface area contributed by atoms with Gasteiger partial charge in [0.1, 0.15) is 5.75 Å². The molecule has 1 N–H and O–H groups in total. The zero-order chi connectivity index (χ0) is 14.6. The van der Waals surface area contributed by atoms with E-state index in [4.69, 9.17) is 4.74 Å². The van der Waals surface area contributed by atoms with Crippen molar-refractivity contribution in [1.29, 1.82) is 0 Å². The summed E-state index contributed by atoms with van der Waals surface area (Å²) in [6, 6.07) is 12.8. The molecule has 0 saturated heterocycles. The van der Waals surface area contributed by atoms with Crippen molar-refractivity contribution in [3.05, 3.63) is 42.0 Å². The number of ether oxygens (including phenoxy) is 1. The van der Waals surface area contributed by atoms with Crippen molar-refractivity contribution in [3.8, 4) is 5.75 Å². The minimum absolute atomic E-state index is 0.147. The van der Waals surface area contributed by atoms with Gasteiger partial charge in [0, 0.05) is 5.39 Å². The first-order chi connectivity index (χ1) is 9.60. The van der Waals surface area contributed by atoms with Crippen molar-refractivity contribution in [1.82, 2.24) is 5.32 Å². The summed E-state index contributed by atoms with van der Waals surface area (Å²) in [4.78, 5) is 0. The lowest BCUT2D eigenvalue weighted by Crippen LogP contribution is -2.25. The number of hydrogen-bond donors (Lipinski definition) is 1. The van der Waals surface area contributed by atoms with E-state index in [2.05, 4.69) is 62.5 Å². The summed E-state index contributed by atoms with van der Waals surface area (Å²) in [7, 11) is 1.73.